The molecular weight excluding hydrogens is 298 g/mol. The van der Waals surface area contributed by atoms with Gasteiger partial charge in [-0.3, -0.25) is 0 Å². The van der Waals surface area contributed by atoms with Gasteiger partial charge in [-0.05, 0) is 41.6 Å². The smallest absolute Gasteiger partial charge is 0.140 e. The molecule has 0 atom stereocenters. The number of para-hydroxylation sites is 1. The average Bonchev–Trinajstić information content (AvgIpc) is 2.07. The van der Waals surface area contributed by atoms with Gasteiger partial charge < -0.3 is 0 Å². The van der Waals surface area contributed by atoms with Gasteiger partial charge in [0.25, 0.3) is 0 Å². The van der Waals surface area contributed by atoms with Crippen LogP contribution in [0.4, 0.5) is 0 Å². The lowest BCUT2D eigenvalue weighted by Gasteiger charge is -2.02. The van der Waals surface area contributed by atoms with E-state index in [9.17, 15) is 0 Å². The van der Waals surface area contributed by atoms with Gasteiger partial charge in [0, 0.05) is 8.96 Å². The zero-order valence-electron chi connectivity index (χ0n) is 6.88. The molecule has 4 heteroatoms. The molecule has 0 aliphatic rings. The van der Waals surface area contributed by atoms with Crippen LogP contribution in [0, 0.1) is 10.5 Å². The lowest BCUT2D eigenvalue weighted by atomic mass is 10.2. The molecule has 2 nitrogen and oxygen atoms in total. The normalized spacial score (nSPS) is 10.7. The number of aryl methyl sites for hydroxylation is 1. The molecule has 13 heavy (non-hydrogen) atoms. The predicted octanol–water partition coefficient (Wildman–Crippen LogP) is 3.20. The zero-order chi connectivity index (χ0) is 9.42. The van der Waals surface area contributed by atoms with Gasteiger partial charge in [0.1, 0.15) is 11.0 Å². The third-order valence-electron chi connectivity index (χ3n) is 1.74. The Hall–Kier alpha value is -0.420. The molecule has 0 bridgehead atoms. The number of aromatic nitrogens is 2. The first-order valence-corrected chi connectivity index (χ1v) is 5.22. The maximum Gasteiger partial charge on any atom is 0.140 e. The lowest BCUT2D eigenvalue weighted by Crippen LogP contribution is -1.91. The van der Waals surface area contributed by atoms with Gasteiger partial charge in [-0.1, -0.05) is 17.7 Å². The van der Waals surface area contributed by atoms with Gasteiger partial charge in [-0.15, -0.1) is 0 Å². The maximum absolute atomic E-state index is 5.98. The quantitative estimate of drug-likeness (QED) is 0.552. The molecule has 1 heterocycles. The number of halogens is 2. The van der Waals surface area contributed by atoms with Crippen LogP contribution in [0.1, 0.15) is 5.82 Å². The molecule has 0 spiro atoms. The first-order valence-electron chi connectivity index (χ1n) is 3.77. The fourth-order valence-electron chi connectivity index (χ4n) is 1.18. The molecule has 1 aromatic carbocycles. The van der Waals surface area contributed by atoms with Crippen molar-refractivity contribution in [3.63, 3.8) is 0 Å². The van der Waals surface area contributed by atoms with Crippen molar-refractivity contribution in [3.05, 3.63) is 32.7 Å². The molecule has 2 aromatic rings. The number of benzene rings is 1. The van der Waals surface area contributed by atoms with Gasteiger partial charge in [0.05, 0.1) is 5.52 Å². The molecular formula is C9H6ClIN2. The molecule has 0 aliphatic carbocycles. The summed E-state index contributed by atoms with van der Waals surface area (Å²) in [6.45, 7) is 1.84. The Bertz CT molecular complexity index is 470. The Morgan fingerprint density at radius 1 is 1.31 bits per heavy atom. The molecule has 0 amide bonds. The maximum atomic E-state index is 5.98. The van der Waals surface area contributed by atoms with Crippen molar-refractivity contribution in [1.29, 1.82) is 0 Å². The summed E-state index contributed by atoms with van der Waals surface area (Å²) in [6, 6.07) is 5.89. The monoisotopic (exact) mass is 304 g/mol. The van der Waals surface area contributed by atoms with Crippen molar-refractivity contribution in [3.8, 4) is 0 Å². The second-order valence-corrected chi connectivity index (χ2v) is 4.22. The Balaban J connectivity index is 2.94. The van der Waals surface area contributed by atoms with E-state index in [0.29, 0.717) is 11.0 Å². The fourth-order valence-corrected chi connectivity index (χ4v) is 2.08. The summed E-state index contributed by atoms with van der Waals surface area (Å²) < 4.78 is 1.10. The third kappa shape index (κ3) is 1.62. The van der Waals surface area contributed by atoms with Crippen LogP contribution in [0.5, 0.6) is 0 Å². The first kappa shape index (κ1) is 9.15. The summed E-state index contributed by atoms with van der Waals surface area (Å²) in [7, 11) is 0. The minimum Gasteiger partial charge on any atom is -0.232 e. The average molecular weight is 305 g/mol. The summed E-state index contributed by atoms with van der Waals surface area (Å²) in [4.78, 5) is 8.43. The van der Waals surface area contributed by atoms with Crippen molar-refractivity contribution < 1.29 is 0 Å². The standard InChI is InChI=1S/C9H6ClIN2/c1-5-12-8-6(9(10)13-5)3-2-4-7(8)11/h2-4H,1H3. The van der Waals surface area contributed by atoms with E-state index in [-0.39, 0.29) is 0 Å². The lowest BCUT2D eigenvalue weighted by molar-refractivity contribution is 1.09. The van der Waals surface area contributed by atoms with Crippen LogP contribution in [0.25, 0.3) is 10.9 Å². The Labute approximate surface area is 94.5 Å². The molecule has 0 aliphatic heterocycles. The third-order valence-corrected chi connectivity index (χ3v) is 2.90. The minimum atomic E-state index is 0.529. The number of nitrogens with zero attached hydrogens (tertiary/aromatic N) is 2. The van der Waals surface area contributed by atoms with Gasteiger partial charge in [-0.2, -0.15) is 0 Å². The van der Waals surface area contributed by atoms with Crippen LogP contribution in [0.2, 0.25) is 5.15 Å². The minimum absolute atomic E-state index is 0.529. The van der Waals surface area contributed by atoms with Gasteiger partial charge >= 0.3 is 0 Å². The van der Waals surface area contributed by atoms with Crippen LogP contribution in [-0.4, -0.2) is 9.97 Å². The van der Waals surface area contributed by atoms with E-state index in [1.165, 1.54) is 0 Å². The second kappa shape index (κ2) is 3.38. The Morgan fingerprint density at radius 2 is 2.08 bits per heavy atom. The van der Waals surface area contributed by atoms with Gasteiger partial charge in [0.15, 0.2) is 0 Å². The van der Waals surface area contributed by atoms with E-state index in [1.807, 2.05) is 25.1 Å². The summed E-state index contributed by atoms with van der Waals surface area (Å²) in [5, 5.41) is 1.44. The number of fused-ring (bicyclic) bond motifs is 1. The van der Waals surface area contributed by atoms with E-state index in [4.69, 9.17) is 11.6 Å². The van der Waals surface area contributed by atoms with Crippen LogP contribution in [0.15, 0.2) is 18.2 Å². The molecule has 0 saturated heterocycles. The molecule has 0 saturated carbocycles. The van der Waals surface area contributed by atoms with Crippen molar-refractivity contribution in [2.75, 3.05) is 0 Å². The van der Waals surface area contributed by atoms with Crippen LogP contribution < -0.4 is 0 Å². The Morgan fingerprint density at radius 3 is 2.85 bits per heavy atom. The molecule has 0 N–H and O–H groups in total. The molecule has 66 valence electrons. The molecule has 0 radical (unpaired) electrons. The van der Waals surface area contributed by atoms with Crippen LogP contribution in [0.3, 0.4) is 0 Å². The highest BCUT2D eigenvalue weighted by Crippen LogP contribution is 2.23. The largest absolute Gasteiger partial charge is 0.232 e. The summed E-state index contributed by atoms with van der Waals surface area (Å²) >= 11 is 8.22. The van der Waals surface area contributed by atoms with E-state index in [0.717, 1.165) is 14.5 Å². The van der Waals surface area contributed by atoms with Crippen molar-refractivity contribution in [2.24, 2.45) is 0 Å². The highest BCUT2D eigenvalue weighted by Gasteiger charge is 2.05. The van der Waals surface area contributed by atoms with Crippen molar-refractivity contribution >= 4 is 45.1 Å². The van der Waals surface area contributed by atoms with Gasteiger partial charge in [-0.25, -0.2) is 9.97 Å². The highest BCUT2D eigenvalue weighted by atomic mass is 127. The van der Waals surface area contributed by atoms with Gasteiger partial charge in [0.2, 0.25) is 0 Å². The number of hydrogen-bond donors (Lipinski definition) is 0. The highest BCUT2D eigenvalue weighted by molar-refractivity contribution is 14.1. The van der Waals surface area contributed by atoms with Crippen LogP contribution >= 0.6 is 34.2 Å². The summed E-state index contributed by atoms with van der Waals surface area (Å²) in [5.41, 5.74) is 0.931. The SMILES string of the molecule is Cc1nc(Cl)c2cccc(I)c2n1. The van der Waals surface area contributed by atoms with E-state index in [1.54, 1.807) is 0 Å². The molecule has 0 unspecified atom stereocenters. The Kier molecular flexibility index (Phi) is 2.38. The molecule has 2 rings (SSSR count). The van der Waals surface area contributed by atoms with Crippen molar-refractivity contribution in [1.82, 2.24) is 9.97 Å². The van der Waals surface area contributed by atoms with E-state index in [2.05, 4.69) is 32.6 Å². The first-order chi connectivity index (χ1) is 6.18. The number of rotatable bonds is 0. The summed E-state index contributed by atoms with van der Waals surface area (Å²) in [6.07, 6.45) is 0. The summed E-state index contributed by atoms with van der Waals surface area (Å²) in [5.74, 6) is 0.710. The van der Waals surface area contributed by atoms with E-state index >= 15 is 0 Å². The predicted molar refractivity (Wildman–Crippen MR) is 62.0 cm³/mol. The fraction of sp³-hybridized carbons (Fsp3) is 0.111. The zero-order valence-corrected chi connectivity index (χ0v) is 9.80. The second-order valence-electron chi connectivity index (χ2n) is 2.70. The molecule has 1 aromatic heterocycles. The van der Waals surface area contributed by atoms with Crippen molar-refractivity contribution in [2.45, 2.75) is 6.92 Å². The molecule has 0 fully saturated rings. The van der Waals surface area contributed by atoms with Crippen LogP contribution in [-0.2, 0) is 0 Å². The topological polar surface area (TPSA) is 25.8 Å². The van der Waals surface area contributed by atoms with E-state index < -0.39 is 0 Å². The number of hydrogen-bond acceptors (Lipinski definition) is 2.